The van der Waals surface area contributed by atoms with E-state index >= 15 is 0 Å². The van der Waals surface area contributed by atoms with Crippen LogP contribution >= 0.6 is 0 Å². The molecular formula is C23H17N3O4. The first-order chi connectivity index (χ1) is 14.5. The third-order valence-electron chi connectivity index (χ3n) is 5.62. The summed E-state index contributed by atoms with van der Waals surface area (Å²) < 4.78 is 0. The highest BCUT2D eigenvalue weighted by atomic mass is 16.2. The first kappa shape index (κ1) is 18.2. The van der Waals surface area contributed by atoms with Crippen molar-refractivity contribution in [3.8, 4) is 0 Å². The molecule has 0 aliphatic carbocycles. The Labute approximate surface area is 171 Å². The molecule has 30 heavy (non-hydrogen) atoms. The van der Waals surface area contributed by atoms with Crippen molar-refractivity contribution in [1.82, 2.24) is 15.2 Å². The number of carbonyl (C=O) groups excluding carboxylic acids is 4. The highest BCUT2D eigenvalue weighted by Crippen LogP contribution is 2.29. The lowest BCUT2D eigenvalue weighted by molar-refractivity contribution is -0.136. The van der Waals surface area contributed by atoms with Gasteiger partial charge < -0.3 is 4.90 Å². The molecule has 7 heteroatoms. The van der Waals surface area contributed by atoms with Gasteiger partial charge in [0.15, 0.2) is 0 Å². The van der Waals surface area contributed by atoms with Crippen molar-refractivity contribution in [3.63, 3.8) is 0 Å². The van der Waals surface area contributed by atoms with Gasteiger partial charge in [0.05, 0.1) is 5.52 Å². The summed E-state index contributed by atoms with van der Waals surface area (Å²) in [5, 5.41) is 3.24. The van der Waals surface area contributed by atoms with Gasteiger partial charge in [-0.15, -0.1) is 0 Å². The van der Waals surface area contributed by atoms with Crippen molar-refractivity contribution in [2.45, 2.75) is 25.4 Å². The van der Waals surface area contributed by atoms with Gasteiger partial charge in [0.25, 0.3) is 5.91 Å². The lowest BCUT2D eigenvalue weighted by atomic mass is 10.0. The van der Waals surface area contributed by atoms with Crippen molar-refractivity contribution in [2.75, 3.05) is 0 Å². The maximum atomic E-state index is 13.0. The van der Waals surface area contributed by atoms with Crippen LogP contribution in [-0.4, -0.2) is 39.4 Å². The molecule has 1 fully saturated rings. The van der Waals surface area contributed by atoms with Crippen LogP contribution < -0.4 is 5.32 Å². The first-order valence-corrected chi connectivity index (χ1v) is 9.69. The Bertz CT molecular complexity index is 1250. The van der Waals surface area contributed by atoms with Gasteiger partial charge in [-0.3, -0.25) is 24.5 Å². The molecule has 0 spiro atoms. The number of para-hydroxylation sites is 1. The van der Waals surface area contributed by atoms with E-state index in [9.17, 15) is 19.2 Å². The number of nitrogens with one attached hydrogen (secondary N) is 1. The molecular weight excluding hydrogens is 382 g/mol. The molecule has 1 aromatic heterocycles. The predicted molar refractivity (Wildman–Crippen MR) is 108 cm³/mol. The maximum Gasteiger partial charge on any atom is 0.255 e. The fraction of sp³-hybridized carbons (Fsp3) is 0.174. The normalized spacial score (nSPS) is 18.5. The van der Waals surface area contributed by atoms with Gasteiger partial charge in [-0.05, 0) is 36.2 Å². The summed E-state index contributed by atoms with van der Waals surface area (Å²) in [6, 6.07) is 15.4. The van der Waals surface area contributed by atoms with Crippen LogP contribution in [-0.2, 0) is 16.1 Å². The smallest absolute Gasteiger partial charge is 0.255 e. The monoisotopic (exact) mass is 399 g/mol. The van der Waals surface area contributed by atoms with E-state index in [-0.39, 0.29) is 30.6 Å². The van der Waals surface area contributed by atoms with Crippen LogP contribution in [0.25, 0.3) is 10.9 Å². The molecule has 2 aliphatic heterocycles. The number of rotatable bonds is 3. The minimum atomic E-state index is -0.677. The van der Waals surface area contributed by atoms with Gasteiger partial charge in [-0.1, -0.05) is 30.3 Å². The Hall–Kier alpha value is -3.87. The summed E-state index contributed by atoms with van der Waals surface area (Å²) >= 11 is 0. The molecule has 1 unspecified atom stereocenters. The maximum absolute atomic E-state index is 13.0. The molecule has 148 valence electrons. The average molecular weight is 399 g/mol. The van der Waals surface area contributed by atoms with Crippen molar-refractivity contribution < 1.29 is 19.2 Å². The second-order valence-corrected chi connectivity index (χ2v) is 7.49. The summed E-state index contributed by atoms with van der Waals surface area (Å²) in [6.45, 7) is 0.229. The third-order valence-corrected chi connectivity index (χ3v) is 5.62. The summed E-state index contributed by atoms with van der Waals surface area (Å²) in [7, 11) is 0. The third kappa shape index (κ3) is 2.95. The van der Waals surface area contributed by atoms with Gasteiger partial charge in [0, 0.05) is 29.5 Å². The summed E-state index contributed by atoms with van der Waals surface area (Å²) in [5.74, 6) is -1.27. The van der Waals surface area contributed by atoms with E-state index in [0.29, 0.717) is 28.8 Å². The molecule has 2 aliphatic rings. The molecule has 3 heterocycles. The van der Waals surface area contributed by atoms with Crippen LogP contribution in [0.3, 0.4) is 0 Å². The molecule has 0 radical (unpaired) electrons. The van der Waals surface area contributed by atoms with Crippen LogP contribution in [0.2, 0.25) is 0 Å². The van der Waals surface area contributed by atoms with Crippen LogP contribution in [0, 0.1) is 0 Å². The van der Waals surface area contributed by atoms with Gasteiger partial charge in [-0.2, -0.15) is 0 Å². The Morgan fingerprint density at radius 2 is 1.87 bits per heavy atom. The van der Waals surface area contributed by atoms with E-state index in [2.05, 4.69) is 10.3 Å². The van der Waals surface area contributed by atoms with Crippen LogP contribution in [0.15, 0.2) is 54.6 Å². The zero-order valence-corrected chi connectivity index (χ0v) is 15.9. The average Bonchev–Trinajstić information content (AvgIpc) is 3.08. The Balaban J connectivity index is 1.43. The number of hydrogen-bond acceptors (Lipinski definition) is 5. The second kappa shape index (κ2) is 6.88. The lowest BCUT2D eigenvalue weighted by Crippen LogP contribution is -2.52. The standard InChI is InChI=1S/C23H17N3O4/c27-20-10-9-19(22(29)25-20)26-12-15-11-14(5-7-16(15)23(26)30)21(28)18-8-6-13-3-1-2-4-17(13)24-18/h1-8,11,19H,9-10,12H2,(H,25,27,29). The van der Waals surface area contributed by atoms with E-state index in [1.807, 2.05) is 30.3 Å². The molecule has 1 atom stereocenters. The van der Waals surface area contributed by atoms with Gasteiger partial charge in [-0.25, -0.2) is 4.98 Å². The Morgan fingerprint density at radius 1 is 1.03 bits per heavy atom. The number of imide groups is 1. The Kier molecular flexibility index (Phi) is 4.17. The fourth-order valence-electron chi connectivity index (χ4n) is 4.06. The highest BCUT2D eigenvalue weighted by Gasteiger charge is 2.39. The Morgan fingerprint density at radius 3 is 2.70 bits per heavy atom. The fourth-order valence-corrected chi connectivity index (χ4v) is 4.06. The summed E-state index contributed by atoms with van der Waals surface area (Å²) in [5.41, 5.74) is 2.68. The number of ketones is 1. The lowest BCUT2D eigenvalue weighted by Gasteiger charge is -2.29. The molecule has 2 aromatic carbocycles. The topological polar surface area (TPSA) is 96.4 Å². The van der Waals surface area contributed by atoms with Crippen molar-refractivity contribution in [2.24, 2.45) is 0 Å². The highest BCUT2D eigenvalue weighted by molar-refractivity contribution is 6.10. The van der Waals surface area contributed by atoms with Gasteiger partial charge in [0.1, 0.15) is 11.7 Å². The summed E-state index contributed by atoms with van der Waals surface area (Å²) in [6.07, 6.45) is 0.505. The van der Waals surface area contributed by atoms with Crippen LogP contribution in [0.5, 0.6) is 0 Å². The number of piperidine rings is 1. The SMILES string of the molecule is O=C1CCC(N2Cc3cc(C(=O)c4ccc5ccccc5n4)ccc3C2=O)C(=O)N1. The quantitative estimate of drug-likeness (QED) is 0.538. The number of aromatic nitrogens is 1. The van der Waals surface area contributed by atoms with E-state index in [1.54, 1.807) is 24.3 Å². The van der Waals surface area contributed by atoms with Crippen molar-refractivity contribution in [3.05, 3.63) is 77.0 Å². The number of carbonyl (C=O) groups is 4. The van der Waals surface area contributed by atoms with E-state index in [1.165, 1.54) is 4.90 Å². The van der Waals surface area contributed by atoms with Gasteiger partial charge >= 0.3 is 0 Å². The zero-order valence-electron chi connectivity index (χ0n) is 15.9. The minimum absolute atomic E-state index is 0.202. The zero-order chi connectivity index (χ0) is 20.8. The molecule has 0 saturated carbocycles. The molecule has 3 aromatic rings. The number of benzene rings is 2. The molecule has 3 amide bonds. The van der Waals surface area contributed by atoms with Crippen molar-refractivity contribution in [1.29, 1.82) is 0 Å². The van der Waals surface area contributed by atoms with Crippen LogP contribution in [0.4, 0.5) is 0 Å². The van der Waals surface area contributed by atoms with E-state index < -0.39 is 11.9 Å². The van der Waals surface area contributed by atoms with Crippen LogP contribution in [0.1, 0.15) is 44.8 Å². The van der Waals surface area contributed by atoms with E-state index in [4.69, 9.17) is 0 Å². The molecule has 5 rings (SSSR count). The number of fused-ring (bicyclic) bond motifs is 2. The predicted octanol–water partition coefficient (Wildman–Crippen LogP) is 2.23. The number of nitrogens with zero attached hydrogens (tertiary/aromatic N) is 2. The number of pyridine rings is 1. The molecule has 1 N–H and O–H groups in total. The largest absolute Gasteiger partial charge is 0.322 e. The molecule has 1 saturated heterocycles. The molecule has 0 bridgehead atoms. The second-order valence-electron chi connectivity index (χ2n) is 7.49. The van der Waals surface area contributed by atoms with E-state index in [0.717, 1.165) is 10.9 Å². The van der Waals surface area contributed by atoms with Gasteiger partial charge in [0.2, 0.25) is 17.6 Å². The minimum Gasteiger partial charge on any atom is -0.322 e. The first-order valence-electron chi connectivity index (χ1n) is 9.69. The number of amides is 3. The molecule has 7 nitrogen and oxygen atoms in total. The summed E-state index contributed by atoms with van der Waals surface area (Å²) in [4.78, 5) is 55.2. The number of hydrogen-bond donors (Lipinski definition) is 1. The van der Waals surface area contributed by atoms with Crippen molar-refractivity contribution >= 4 is 34.4 Å².